The summed E-state index contributed by atoms with van der Waals surface area (Å²) in [6, 6.07) is 8.50. The van der Waals surface area contributed by atoms with Gasteiger partial charge in [-0.25, -0.2) is 4.79 Å². The molecule has 0 bridgehead atoms. The summed E-state index contributed by atoms with van der Waals surface area (Å²) in [6.07, 6.45) is 1.33. The Hall–Kier alpha value is -1.85. The molecule has 0 aliphatic carbocycles. The SMILES string of the molecule is C=CCOC(=O)N1CCN(Cc2ccc([C@H](C)N)cc2)CC1. The minimum atomic E-state index is -0.249. The first-order valence-corrected chi connectivity index (χ1v) is 7.69. The van der Waals surface area contributed by atoms with E-state index in [1.807, 2.05) is 6.92 Å². The Morgan fingerprint density at radius 3 is 2.50 bits per heavy atom. The molecule has 1 aromatic rings. The van der Waals surface area contributed by atoms with Gasteiger partial charge in [0.1, 0.15) is 6.61 Å². The van der Waals surface area contributed by atoms with Crippen LogP contribution in [-0.4, -0.2) is 48.7 Å². The monoisotopic (exact) mass is 303 g/mol. The lowest BCUT2D eigenvalue weighted by Gasteiger charge is -2.34. The van der Waals surface area contributed by atoms with Crippen LogP contribution in [0.5, 0.6) is 0 Å². The first-order chi connectivity index (χ1) is 10.6. The molecule has 0 saturated carbocycles. The minimum absolute atomic E-state index is 0.0687. The smallest absolute Gasteiger partial charge is 0.410 e. The molecule has 1 amide bonds. The number of hydrogen-bond acceptors (Lipinski definition) is 4. The largest absolute Gasteiger partial charge is 0.445 e. The van der Waals surface area contributed by atoms with Crippen molar-refractivity contribution < 1.29 is 9.53 Å². The second kappa shape index (κ2) is 7.96. The molecule has 0 spiro atoms. The standard InChI is InChI=1S/C17H25N3O2/c1-3-12-22-17(21)20-10-8-19(9-11-20)13-15-4-6-16(7-5-15)14(2)18/h3-7,14H,1,8-13,18H2,2H3/t14-/m0/s1. The van der Waals surface area contributed by atoms with Crippen molar-refractivity contribution in [2.75, 3.05) is 32.8 Å². The number of carbonyl (C=O) groups is 1. The first-order valence-electron chi connectivity index (χ1n) is 7.69. The molecule has 5 nitrogen and oxygen atoms in total. The van der Waals surface area contributed by atoms with Gasteiger partial charge in [0.05, 0.1) is 0 Å². The van der Waals surface area contributed by atoms with Gasteiger partial charge in [0.2, 0.25) is 0 Å². The van der Waals surface area contributed by atoms with E-state index in [1.54, 1.807) is 11.0 Å². The summed E-state index contributed by atoms with van der Waals surface area (Å²) in [5, 5.41) is 0. The Morgan fingerprint density at radius 1 is 1.32 bits per heavy atom. The molecule has 1 aliphatic rings. The molecule has 22 heavy (non-hydrogen) atoms. The Bertz CT molecular complexity index is 491. The Labute approximate surface area is 132 Å². The fourth-order valence-electron chi connectivity index (χ4n) is 2.49. The van der Waals surface area contributed by atoms with Crippen LogP contribution >= 0.6 is 0 Å². The van der Waals surface area contributed by atoms with Gasteiger partial charge >= 0.3 is 6.09 Å². The second-order valence-electron chi connectivity index (χ2n) is 5.66. The maximum Gasteiger partial charge on any atom is 0.410 e. The predicted molar refractivity (Wildman–Crippen MR) is 87.4 cm³/mol. The number of hydrogen-bond donors (Lipinski definition) is 1. The third kappa shape index (κ3) is 4.58. The summed E-state index contributed by atoms with van der Waals surface area (Å²) in [7, 11) is 0. The molecular weight excluding hydrogens is 278 g/mol. The van der Waals surface area contributed by atoms with Gasteiger partial charge in [-0.1, -0.05) is 36.9 Å². The van der Waals surface area contributed by atoms with Crippen molar-refractivity contribution in [3.63, 3.8) is 0 Å². The van der Waals surface area contributed by atoms with Crippen LogP contribution in [0.2, 0.25) is 0 Å². The van der Waals surface area contributed by atoms with Crippen LogP contribution < -0.4 is 5.73 Å². The highest BCUT2D eigenvalue weighted by Gasteiger charge is 2.21. The van der Waals surface area contributed by atoms with Crippen molar-refractivity contribution >= 4 is 6.09 Å². The molecule has 0 unspecified atom stereocenters. The number of nitrogens with zero attached hydrogens (tertiary/aromatic N) is 2. The molecule has 2 N–H and O–H groups in total. The van der Waals surface area contributed by atoms with Crippen molar-refractivity contribution in [2.24, 2.45) is 5.73 Å². The van der Waals surface area contributed by atoms with E-state index >= 15 is 0 Å². The van der Waals surface area contributed by atoms with Crippen molar-refractivity contribution in [3.8, 4) is 0 Å². The van der Waals surface area contributed by atoms with E-state index in [9.17, 15) is 4.79 Å². The lowest BCUT2D eigenvalue weighted by Crippen LogP contribution is -2.48. The number of ether oxygens (including phenoxy) is 1. The number of carbonyl (C=O) groups excluding carboxylic acids is 1. The summed E-state index contributed by atoms with van der Waals surface area (Å²) in [4.78, 5) is 15.8. The fourth-order valence-corrected chi connectivity index (χ4v) is 2.49. The summed E-state index contributed by atoms with van der Waals surface area (Å²) < 4.78 is 5.06. The number of piperazine rings is 1. The van der Waals surface area contributed by atoms with Gasteiger partial charge < -0.3 is 15.4 Å². The number of amides is 1. The number of benzene rings is 1. The summed E-state index contributed by atoms with van der Waals surface area (Å²) in [6.45, 7) is 9.82. The van der Waals surface area contributed by atoms with Crippen LogP contribution in [0.3, 0.4) is 0 Å². The highest BCUT2D eigenvalue weighted by molar-refractivity contribution is 5.67. The van der Waals surface area contributed by atoms with E-state index in [4.69, 9.17) is 10.5 Å². The van der Waals surface area contributed by atoms with Gasteiger partial charge in [-0.2, -0.15) is 0 Å². The molecule has 120 valence electrons. The number of nitrogens with two attached hydrogens (primary N) is 1. The van der Waals surface area contributed by atoms with Gasteiger partial charge in [0, 0.05) is 38.8 Å². The normalized spacial score (nSPS) is 17.1. The van der Waals surface area contributed by atoms with Crippen LogP contribution in [0, 0.1) is 0 Å². The second-order valence-corrected chi connectivity index (χ2v) is 5.66. The molecule has 5 heteroatoms. The molecule has 2 rings (SSSR count). The maximum absolute atomic E-state index is 11.7. The Balaban J connectivity index is 1.79. The van der Waals surface area contributed by atoms with E-state index in [-0.39, 0.29) is 18.7 Å². The van der Waals surface area contributed by atoms with Crippen molar-refractivity contribution in [2.45, 2.75) is 19.5 Å². The summed E-state index contributed by atoms with van der Waals surface area (Å²) in [5.41, 5.74) is 8.28. The summed E-state index contributed by atoms with van der Waals surface area (Å²) in [5.74, 6) is 0. The fraction of sp³-hybridized carbons (Fsp3) is 0.471. The maximum atomic E-state index is 11.7. The highest BCUT2D eigenvalue weighted by Crippen LogP contribution is 2.13. The van der Waals surface area contributed by atoms with Crippen molar-refractivity contribution in [1.29, 1.82) is 0 Å². The zero-order chi connectivity index (χ0) is 15.9. The highest BCUT2D eigenvalue weighted by atomic mass is 16.6. The topological polar surface area (TPSA) is 58.8 Å². The third-order valence-electron chi connectivity index (χ3n) is 3.87. The van der Waals surface area contributed by atoms with E-state index < -0.39 is 0 Å². The van der Waals surface area contributed by atoms with E-state index in [2.05, 4.69) is 35.7 Å². The average molecular weight is 303 g/mol. The lowest BCUT2D eigenvalue weighted by molar-refractivity contribution is 0.0813. The van der Waals surface area contributed by atoms with E-state index in [1.165, 1.54) is 5.56 Å². The number of rotatable bonds is 5. The zero-order valence-electron chi connectivity index (χ0n) is 13.2. The molecule has 1 heterocycles. The molecule has 1 fully saturated rings. The van der Waals surface area contributed by atoms with Crippen LogP contribution in [0.25, 0.3) is 0 Å². The van der Waals surface area contributed by atoms with Gasteiger partial charge in [0.15, 0.2) is 0 Å². The van der Waals surface area contributed by atoms with Gasteiger partial charge in [-0.15, -0.1) is 0 Å². The van der Waals surface area contributed by atoms with Crippen LogP contribution in [0.15, 0.2) is 36.9 Å². The lowest BCUT2D eigenvalue weighted by atomic mass is 10.1. The van der Waals surface area contributed by atoms with E-state index in [0.717, 1.165) is 25.2 Å². The van der Waals surface area contributed by atoms with Crippen LogP contribution in [0.1, 0.15) is 24.1 Å². The van der Waals surface area contributed by atoms with Gasteiger partial charge in [0.25, 0.3) is 0 Å². The summed E-state index contributed by atoms with van der Waals surface area (Å²) >= 11 is 0. The molecule has 1 atom stereocenters. The first kappa shape index (κ1) is 16.5. The Morgan fingerprint density at radius 2 is 1.95 bits per heavy atom. The predicted octanol–water partition coefficient (Wildman–Crippen LogP) is 2.15. The molecule has 0 radical (unpaired) electrons. The van der Waals surface area contributed by atoms with Crippen molar-refractivity contribution in [1.82, 2.24) is 9.80 Å². The molecule has 1 aliphatic heterocycles. The van der Waals surface area contributed by atoms with Gasteiger partial charge in [-0.05, 0) is 18.1 Å². The van der Waals surface area contributed by atoms with Gasteiger partial charge in [-0.3, -0.25) is 4.90 Å². The van der Waals surface area contributed by atoms with Crippen LogP contribution in [-0.2, 0) is 11.3 Å². The third-order valence-corrected chi connectivity index (χ3v) is 3.87. The minimum Gasteiger partial charge on any atom is -0.445 e. The quantitative estimate of drug-likeness (QED) is 0.847. The molecule has 1 saturated heterocycles. The average Bonchev–Trinajstić information content (AvgIpc) is 2.54. The molecule has 1 aromatic carbocycles. The van der Waals surface area contributed by atoms with Crippen molar-refractivity contribution in [3.05, 3.63) is 48.0 Å². The van der Waals surface area contributed by atoms with Crippen LogP contribution in [0.4, 0.5) is 4.79 Å². The zero-order valence-corrected chi connectivity index (χ0v) is 13.2. The molecular formula is C17H25N3O2. The van der Waals surface area contributed by atoms with E-state index in [0.29, 0.717) is 13.1 Å². The molecule has 0 aromatic heterocycles. The Kier molecular flexibility index (Phi) is 5.98.